The van der Waals surface area contributed by atoms with Crippen LogP contribution in [0.1, 0.15) is 29.7 Å². The van der Waals surface area contributed by atoms with Gasteiger partial charge in [0.05, 0.1) is 5.69 Å². The quantitative estimate of drug-likeness (QED) is 0.870. The Kier molecular flexibility index (Phi) is 3.32. The monoisotopic (exact) mass is 229 g/mol. The maximum atomic E-state index is 11.9. The molecule has 1 N–H and O–H groups in total. The first-order chi connectivity index (χ1) is 8.20. The number of hydrogen-bond donors (Lipinski definition) is 1. The highest BCUT2D eigenvalue weighted by Gasteiger charge is 2.09. The van der Waals surface area contributed by atoms with Crippen LogP contribution in [-0.2, 0) is 12.8 Å². The fraction of sp³-hybridized carbons (Fsp3) is 0.308. The van der Waals surface area contributed by atoms with Crippen molar-refractivity contribution in [3.63, 3.8) is 0 Å². The van der Waals surface area contributed by atoms with Crippen molar-refractivity contribution in [2.45, 2.75) is 26.7 Å². The molecule has 0 aliphatic heterocycles. The summed E-state index contributed by atoms with van der Waals surface area (Å²) in [5, 5.41) is 0. The molecule has 0 amide bonds. The van der Waals surface area contributed by atoms with Gasteiger partial charge >= 0.3 is 0 Å². The van der Waals surface area contributed by atoms with Gasteiger partial charge in [-0.3, -0.25) is 9.78 Å². The van der Waals surface area contributed by atoms with Gasteiger partial charge in [0.1, 0.15) is 5.82 Å². The van der Waals surface area contributed by atoms with Gasteiger partial charge in [0.2, 0.25) is 0 Å². The van der Waals surface area contributed by atoms with E-state index in [0.29, 0.717) is 12.2 Å². The Morgan fingerprint density at radius 1 is 1.35 bits per heavy atom. The molecule has 2 aromatic rings. The van der Waals surface area contributed by atoms with Crippen LogP contribution < -0.4 is 5.56 Å². The number of pyridine rings is 1. The van der Waals surface area contributed by atoms with E-state index in [4.69, 9.17) is 0 Å². The summed E-state index contributed by atoms with van der Waals surface area (Å²) in [5.74, 6) is 0.664. The molecule has 0 spiro atoms. The number of aromatic amines is 1. The summed E-state index contributed by atoms with van der Waals surface area (Å²) < 4.78 is 0. The summed E-state index contributed by atoms with van der Waals surface area (Å²) in [7, 11) is 0. The van der Waals surface area contributed by atoms with Gasteiger partial charge in [0, 0.05) is 23.9 Å². The largest absolute Gasteiger partial charge is 0.311 e. The Hall–Kier alpha value is -1.97. The van der Waals surface area contributed by atoms with Crippen LogP contribution in [0.25, 0.3) is 0 Å². The topological polar surface area (TPSA) is 58.6 Å². The second-order valence-electron chi connectivity index (χ2n) is 3.93. The van der Waals surface area contributed by atoms with Gasteiger partial charge in [-0.05, 0) is 25.5 Å². The number of hydrogen-bond acceptors (Lipinski definition) is 3. The van der Waals surface area contributed by atoms with E-state index < -0.39 is 0 Å². The number of aryl methyl sites for hydroxylation is 2. The molecule has 0 atom stereocenters. The molecular formula is C13H15N3O. The lowest BCUT2D eigenvalue weighted by atomic mass is 10.1. The van der Waals surface area contributed by atoms with Crippen LogP contribution in [0.15, 0.2) is 29.2 Å². The van der Waals surface area contributed by atoms with Crippen molar-refractivity contribution in [2.75, 3.05) is 0 Å². The maximum Gasteiger partial charge on any atom is 0.254 e. The Bertz CT molecular complexity index is 561. The van der Waals surface area contributed by atoms with Gasteiger partial charge in [0.25, 0.3) is 5.56 Å². The predicted molar refractivity (Wildman–Crippen MR) is 66.0 cm³/mol. The first-order valence-corrected chi connectivity index (χ1v) is 5.69. The molecule has 0 unspecified atom stereocenters. The van der Waals surface area contributed by atoms with Crippen LogP contribution in [0.3, 0.4) is 0 Å². The number of H-pyrrole nitrogens is 1. The van der Waals surface area contributed by atoms with E-state index in [2.05, 4.69) is 15.0 Å². The molecule has 17 heavy (non-hydrogen) atoms. The van der Waals surface area contributed by atoms with E-state index in [1.54, 1.807) is 13.1 Å². The molecule has 2 heterocycles. The van der Waals surface area contributed by atoms with Crippen LogP contribution in [0, 0.1) is 6.92 Å². The summed E-state index contributed by atoms with van der Waals surface area (Å²) in [6.07, 6.45) is 3.02. The second kappa shape index (κ2) is 4.91. The maximum absolute atomic E-state index is 11.9. The molecule has 88 valence electrons. The number of nitrogens with zero attached hydrogens (tertiary/aromatic N) is 2. The van der Waals surface area contributed by atoms with Crippen molar-refractivity contribution in [1.29, 1.82) is 0 Å². The first-order valence-electron chi connectivity index (χ1n) is 5.69. The SMILES string of the molecule is CCc1nc(C)[nH]c(=O)c1Cc1ccccn1. The fourth-order valence-electron chi connectivity index (χ4n) is 1.83. The van der Waals surface area contributed by atoms with Crippen molar-refractivity contribution in [2.24, 2.45) is 0 Å². The van der Waals surface area contributed by atoms with E-state index in [0.717, 1.165) is 23.4 Å². The number of aromatic nitrogens is 3. The second-order valence-corrected chi connectivity index (χ2v) is 3.93. The van der Waals surface area contributed by atoms with Crippen molar-refractivity contribution >= 4 is 0 Å². The zero-order valence-electron chi connectivity index (χ0n) is 10.0. The third-order valence-corrected chi connectivity index (χ3v) is 2.64. The van der Waals surface area contributed by atoms with E-state index in [1.165, 1.54) is 0 Å². The molecule has 4 nitrogen and oxygen atoms in total. The predicted octanol–water partition coefficient (Wildman–Crippen LogP) is 1.63. The highest BCUT2D eigenvalue weighted by atomic mass is 16.1. The normalized spacial score (nSPS) is 10.5. The minimum atomic E-state index is -0.0556. The molecule has 2 aromatic heterocycles. The lowest BCUT2D eigenvalue weighted by Gasteiger charge is -2.06. The van der Waals surface area contributed by atoms with Crippen LogP contribution >= 0.6 is 0 Å². The molecule has 0 aromatic carbocycles. The molecule has 0 fully saturated rings. The molecule has 0 radical (unpaired) electrons. The number of rotatable bonds is 3. The summed E-state index contributed by atoms with van der Waals surface area (Å²) in [4.78, 5) is 23.2. The van der Waals surface area contributed by atoms with Gasteiger partial charge in [0.15, 0.2) is 0 Å². The Morgan fingerprint density at radius 2 is 2.18 bits per heavy atom. The van der Waals surface area contributed by atoms with Crippen molar-refractivity contribution in [3.8, 4) is 0 Å². The smallest absolute Gasteiger partial charge is 0.254 e. The third-order valence-electron chi connectivity index (χ3n) is 2.64. The van der Waals surface area contributed by atoms with Crippen LogP contribution in [0.2, 0.25) is 0 Å². The zero-order chi connectivity index (χ0) is 12.3. The molecule has 0 saturated heterocycles. The fourth-order valence-corrected chi connectivity index (χ4v) is 1.83. The average Bonchev–Trinajstić information content (AvgIpc) is 2.33. The molecule has 4 heteroatoms. The summed E-state index contributed by atoms with van der Waals surface area (Å²) in [6.45, 7) is 3.80. The molecule has 2 rings (SSSR count). The number of nitrogens with one attached hydrogen (secondary N) is 1. The molecule has 0 saturated carbocycles. The van der Waals surface area contributed by atoms with Gasteiger partial charge < -0.3 is 4.98 Å². The molecule has 0 aliphatic rings. The van der Waals surface area contributed by atoms with Crippen LogP contribution in [0.4, 0.5) is 0 Å². The Labute approximate surface area is 99.8 Å². The average molecular weight is 229 g/mol. The van der Waals surface area contributed by atoms with E-state index in [9.17, 15) is 4.79 Å². The Morgan fingerprint density at radius 3 is 2.82 bits per heavy atom. The van der Waals surface area contributed by atoms with E-state index in [-0.39, 0.29) is 5.56 Å². The zero-order valence-corrected chi connectivity index (χ0v) is 10.0. The summed E-state index contributed by atoms with van der Waals surface area (Å²) >= 11 is 0. The minimum Gasteiger partial charge on any atom is -0.311 e. The standard InChI is InChI=1S/C13H15N3O/c1-3-12-11(13(17)16-9(2)15-12)8-10-6-4-5-7-14-10/h4-7H,3,8H2,1-2H3,(H,15,16,17). The van der Waals surface area contributed by atoms with Gasteiger partial charge in [-0.2, -0.15) is 0 Å². The van der Waals surface area contributed by atoms with E-state index in [1.807, 2.05) is 25.1 Å². The minimum absolute atomic E-state index is 0.0556. The van der Waals surface area contributed by atoms with Crippen LogP contribution in [0.5, 0.6) is 0 Å². The molecule has 0 bridgehead atoms. The lowest BCUT2D eigenvalue weighted by Crippen LogP contribution is -2.19. The molecular weight excluding hydrogens is 214 g/mol. The van der Waals surface area contributed by atoms with Crippen LogP contribution in [-0.4, -0.2) is 15.0 Å². The van der Waals surface area contributed by atoms with E-state index >= 15 is 0 Å². The van der Waals surface area contributed by atoms with Gasteiger partial charge in [-0.1, -0.05) is 13.0 Å². The molecule has 0 aliphatic carbocycles. The van der Waals surface area contributed by atoms with Crippen molar-refractivity contribution < 1.29 is 0 Å². The first kappa shape index (κ1) is 11.5. The Balaban J connectivity index is 2.42. The van der Waals surface area contributed by atoms with Crippen molar-refractivity contribution in [1.82, 2.24) is 15.0 Å². The third kappa shape index (κ3) is 2.58. The van der Waals surface area contributed by atoms with Crippen molar-refractivity contribution in [3.05, 3.63) is 57.5 Å². The highest BCUT2D eigenvalue weighted by molar-refractivity contribution is 5.23. The lowest BCUT2D eigenvalue weighted by molar-refractivity contribution is 0.874. The summed E-state index contributed by atoms with van der Waals surface area (Å²) in [6, 6.07) is 5.70. The summed E-state index contributed by atoms with van der Waals surface area (Å²) in [5.41, 5.74) is 2.41. The van der Waals surface area contributed by atoms with Gasteiger partial charge in [-0.25, -0.2) is 4.98 Å². The highest BCUT2D eigenvalue weighted by Crippen LogP contribution is 2.07. The van der Waals surface area contributed by atoms with Gasteiger partial charge in [-0.15, -0.1) is 0 Å².